The highest BCUT2D eigenvalue weighted by Crippen LogP contribution is 2.32. The lowest BCUT2D eigenvalue weighted by Gasteiger charge is -2.04. The number of nitrogens with zero attached hydrogens (tertiary/aromatic N) is 1. The predicted octanol–water partition coefficient (Wildman–Crippen LogP) is 6.99. The van der Waals surface area contributed by atoms with Crippen LogP contribution in [0.1, 0.15) is 12.7 Å². The Labute approximate surface area is 203 Å². The van der Waals surface area contributed by atoms with Gasteiger partial charge in [0, 0.05) is 40.2 Å². The van der Waals surface area contributed by atoms with E-state index in [1.807, 2.05) is 23.6 Å². The SMILES string of the molecule is CC(=O)Nc1nc(-c2cccc(NC(=O)C=Cc3ccc(-c4cc(Cl)ccc4Cl)o3)c2)cs1. The van der Waals surface area contributed by atoms with Crippen LogP contribution in [-0.4, -0.2) is 16.8 Å². The number of carbonyl (C=O) groups is 2. The molecule has 0 saturated heterocycles. The molecule has 2 N–H and O–H groups in total. The van der Waals surface area contributed by atoms with Gasteiger partial charge >= 0.3 is 0 Å². The summed E-state index contributed by atoms with van der Waals surface area (Å²) < 4.78 is 5.77. The van der Waals surface area contributed by atoms with Crippen LogP contribution in [0, 0.1) is 0 Å². The first-order chi connectivity index (χ1) is 15.9. The molecule has 0 aliphatic carbocycles. The minimum atomic E-state index is -0.317. The zero-order valence-electron chi connectivity index (χ0n) is 17.3. The summed E-state index contributed by atoms with van der Waals surface area (Å²) in [5.74, 6) is 0.557. The second-order valence-corrected chi connectivity index (χ2v) is 8.65. The first-order valence-electron chi connectivity index (χ1n) is 9.75. The van der Waals surface area contributed by atoms with Crippen molar-refractivity contribution >= 4 is 63.2 Å². The number of benzene rings is 2. The fourth-order valence-electron chi connectivity index (χ4n) is 2.99. The molecular weight excluding hydrogens is 481 g/mol. The summed E-state index contributed by atoms with van der Waals surface area (Å²) in [5.41, 5.74) is 2.81. The Bertz CT molecular complexity index is 1360. The fourth-order valence-corrected chi connectivity index (χ4v) is 4.13. The molecule has 0 saturated carbocycles. The van der Waals surface area contributed by atoms with E-state index < -0.39 is 0 Å². The van der Waals surface area contributed by atoms with Gasteiger partial charge in [0.2, 0.25) is 11.8 Å². The zero-order chi connectivity index (χ0) is 23.4. The van der Waals surface area contributed by atoms with Crippen LogP contribution in [-0.2, 0) is 9.59 Å². The van der Waals surface area contributed by atoms with E-state index in [4.69, 9.17) is 27.6 Å². The van der Waals surface area contributed by atoms with Crippen molar-refractivity contribution in [3.63, 3.8) is 0 Å². The first-order valence-corrected chi connectivity index (χ1v) is 11.4. The number of nitrogens with one attached hydrogen (secondary N) is 2. The van der Waals surface area contributed by atoms with E-state index in [-0.39, 0.29) is 11.8 Å². The molecule has 4 rings (SSSR count). The number of furan rings is 1. The number of aromatic nitrogens is 1. The van der Waals surface area contributed by atoms with Gasteiger partial charge in [0.05, 0.1) is 10.7 Å². The molecule has 0 fully saturated rings. The van der Waals surface area contributed by atoms with Crippen LogP contribution in [0.2, 0.25) is 10.0 Å². The van der Waals surface area contributed by atoms with E-state index in [0.717, 1.165) is 5.56 Å². The second kappa shape index (κ2) is 10.0. The number of anilines is 2. The standard InChI is InChI=1S/C24H17Cl2N3O3S/c1-14(30)27-24-29-21(13-33-24)15-3-2-4-17(11-15)28-23(31)10-7-18-6-9-22(32-18)19-12-16(25)5-8-20(19)26/h2-13H,1H3,(H,28,31)(H,27,29,30). The largest absolute Gasteiger partial charge is 0.457 e. The van der Waals surface area contributed by atoms with Gasteiger partial charge in [0.15, 0.2) is 5.13 Å². The molecule has 2 amide bonds. The molecule has 9 heteroatoms. The van der Waals surface area contributed by atoms with E-state index in [0.29, 0.717) is 43.6 Å². The number of thiazole rings is 1. The number of rotatable bonds is 6. The van der Waals surface area contributed by atoms with Crippen molar-refractivity contribution in [1.82, 2.24) is 4.98 Å². The van der Waals surface area contributed by atoms with E-state index in [2.05, 4.69) is 15.6 Å². The first kappa shape index (κ1) is 22.8. The van der Waals surface area contributed by atoms with Gasteiger partial charge in [-0.1, -0.05) is 35.3 Å². The molecule has 2 aromatic heterocycles. The van der Waals surface area contributed by atoms with Gasteiger partial charge in [-0.25, -0.2) is 4.98 Å². The third-order valence-corrected chi connectivity index (χ3v) is 5.76. The second-order valence-electron chi connectivity index (χ2n) is 6.95. The van der Waals surface area contributed by atoms with Crippen molar-refractivity contribution in [1.29, 1.82) is 0 Å². The minimum Gasteiger partial charge on any atom is -0.457 e. The lowest BCUT2D eigenvalue weighted by atomic mass is 10.1. The normalized spacial score (nSPS) is 11.0. The number of halogens is 2. The van der Waals surface area contributed by atoms with Gasteiger partial charge in [0.25, 0.3) is 0 Å². The Hall–Kier alpha value is -3.39. The van der Waals surface area contributed by atoms with Crippen LogP contribution in [0.4, 0.5) is 10.8 Å². The van der Waals surface area contributed by atoms with Gasteiger partial charge < -0.3 is 15.1 Å². The number of hydrogen-bond acceptors (Lipinski definition) is 5. The van der Waals surface area contributed by atoms with Gasteiger partial charge in [-0.05, 0) is 48.5 Å². The Kier molecular flexibility index (Phi) is 6.93. The molecule has 0 atom stereocenters. The number of amides is 2. The average Bonchev–Trinajstić information content (AvgIpc) is 3.43. The highest BCUT2D eigenvalue weighted by molar-refractivity contribution is 7.14. The summed E-state index contributed by atoms with van der Waals surface area (Å²) in [4.78, 5) is 28.0. The van der Waals surface area contributed by atoms with Crippen LogP contribution >= 0.6 is 34.5 Å². The molecule has 2 heterocycles. The summed E-state index contributed by atoms with van der Waals surface area (Å²) in [6, 6.07) is 15.9. The topological polar surface area (TPSA) is 84.2 Å². The number of carbonyl (C=O) groups excluding carboxylic acids is 2. The summed E-state index contributed by atoms with van der Waals surface area (Å²) in [6.07, 6.45) is 2.95. The van der Waals surface area contributed by atoms with Crippen LogP contribution < -0.4 is 10.6 Å². The maximum Gasteiger partial charge on any atom is 0.248 e. The minimum absolute atomic E-state index is 0.178. The summed E-state index contributed by atoms with van der Waals surface area (Å²) in [6.45, 7) is 1.43. The smallest absolute Gasteiger partial charge is 0.248 e. The van der Waals surface area contributed by atoms with Crippen molar-refractivity contribution in [2.24, 2.45) is 0 Å². The third kappa shape index (κ3) is 5.90. The molecule has 4 aromatic rings. The van der Waals surface area contributed by atoms with E-state index in [1.165, 1.54) is 24.3 Å². The van der Waals surface area contributed by atoms with Crippen molar-refractivity contribution in [3.8, 4) is 22.6 Å². The van der Waals surface area contributed by atoms with Gasteiger partial charge in [0.1, 0.15) is 11.5 Å². The van der Waals surface area contributed by atoms with E-state index in [1.54, 1.807) is 42.5 Å². The van der Waals surface area contributed by atoms with Gasteiger partial charge in [-0.15, -0.1) is 11.3 Å². The quantitative estimate of drug-likeness (QED) is 0.281. The third-order valence-electron chi connectivity index (χ3n) is 4.43. The Morgan fingerprint density at radius 3 is 2.73 bits per heavy atom. The molecule has 0 unspecified atom stereocenters. The lowest BCUT2D eigenvalue weighted by molar-refractivity contribution is -0.114. The highest BCUT2D eigenvalue weighted by Gasteiger charge is 2.10. The monoisotopic (exact) mass is 497 g/mol. The Morgan fingerprint density at radius 2 is 1.91 bits per heavy atom. The molecule has 33 heavy (non-hydrogen) atoms. The average molecular weight is 498 g/mol. The summed E-state index contributed by atoms with van der Waals surface area (Å²) in [7, 11) is 0. The highest BCUT2D eigenvalue weighted by atomic mass is 35.5. The molecule has 6 nitrogen and oxygen atoms in total. The van der Waals surface area contributed by atoms with Crippen molar-refractivity contribution in [3.05, 3.63) is 81.9 Å². The molecular formula is C24H17Cl2N3O3S. The molecule has 0 bridgehead atoms. The van der Waals surface area contributed by atoms with Gasteiger partial charge in [-0.3, -0.25) is 9.59 Å². The van der Waals surface area contributed by atoms with Crippen LogP contribution in [0.25, 0.3) is 28.7 Å². The van der Waals surface area contributed by atoms with E-state index >= 15 is 0 Å². The maximum absolute atomic E-state index is 12.4. The van der Waals surface area contributed by atoms with Gasteiger partial charge in [-0.2, -0.15) is 0 Å². The molecule has 166 valence electrons. The molecule has 2 aromatic carbocycles. The summed E-state index contributed by atoms with van der Waals surface area (Å²) in [5, 5.41) is 8.90. The van der Waals surface area contributed by atoms with Crippen LogP contribution in [0.5, 0.6) is 0 Å². The lowest BCUT2D eigenvalue weighted by Crippen LogP contribution is -2.07. The van der Waals surface area contributed by atoms with Crippen molar-refractivity contribution < 1.29 is 14.0 Å². The molecule has 0 spiro atoms. The molecule has 0 aliphatic rings. The van der Waals surface area contributed by atoms with Crippen molar-refractivity contribution in [2.45, 2.75) is 6.92 Å². The molecule has 0 aliphatic heterocycles. The Morgan fingerprint density at radius 1 is 1.06 bits per heavy atom. The maximum atomic E-state index is 12.4. The Balaban J connectivity index is 1.43. The summed E-state index contributed by atoms with van der Waals surface area (Å²) >= 11 is 13.6. The zero-order valence-corrected chi connectivity index (χ0v) is 19.6. The van der Waals surface area contributed by atoms with Crippen LogP contribution in [0.15, 0.2) is 70.5 Å². The van der Waals surface area contributed by atoms with Crippen molar-refractivity contribution in [2.75, 3.05) is 10.6 Å². The number of hydrogen-bond donors (Lipinski definition) is 2. The fraction of sp³-hybridized carbons (Fsp3) is 0.0417. The van der Waals surface area contributed by atoms with Crippen LogP contribution in [0.3, 0.4) is 0 Å². The predicted molar refractivity (Wildman–Crippen MR) is 134 cm³/mol. The van der Waals surface area contributed by atoms with E-state index in [9.17, 15) is 9.59 Å². The molecule has 0 radical (unpaired) electrons.